The fraction of sp³-hybridized carbons (Fsp3) is 0.611. The Kier molecular flexibility index (Phi) is 7.66. The maximum atomic E-state index is 12.0. The van der Waals surface area contributed by atoms with Gasteiger partial charge in [-0.15, -0.1) is 0 Å². The Labute approximate surface area is 149 Å². The first-order valence-corrected chi connectivity index (χ1v) is 9.00. The molecule has 0 aliphatic carbocycles. The summed E-state index contributed by atoms with van der Waals surface area (Å²) < 4.78 is 0. The van der Waals surface area contributed by atoms with E-state index in [9.17, 15) is 9.59 Å². The van der Waals surface area contributed by atoms with Crippen molar-refractivity contribution in [2.45, 2.75) is 38.6 Å². The lowest BCUT2D eigenvalue weighted by Crippen LogP contribution is -2.48. The summed E-state index contributed by atoms with van der Waals surface area (Å²) in [5.41, 5.74) is 0. The number of anilines is 1. The number of nitrogens with zero attached hydrogens (tertiary/aromatic N) is 3. The van der Waals surface area contributed by atoms with Crippen LogP contribution in [-0.2, 0) is 9.59 Å². The van der Waals surface area contributed by atoms with Crippen molar-refractivity contribution in [3.05, 3.63) is 24.4 Å². The summed E-state index contributed by atoms with van der Waals surface area (Å²) in [6.45, 7) is 6.18. The van der Waals surface area contributed by atoms with Crippen LogP contribution in [-0.4, -0.2) is 65.6 Å². The third kappa shape index (κ3) is 6.34. The second-order valence-corrected chi connectivity index (χ2v) is 6.37. The van der Waals surface area contributed by atoms with Gasteiger partial charge in [0, 0.05) is 45.3 Å². The molecule has 7 nitrogen and oxygen atoms in total. The zero-order chi connectivity index (χ0) is 18.1. The highest BCUT2D eigenvalue weighted by molar-refractivity contribution is 5.83. The fourth-order valence-electron chi connectivity index (χ4n) is 2.93. The van der Waals surface area contributed by atoms with E-state index in [1.807, 2.05) is 25.1 Å². The molecule has 2 heterocycles. The van der Waals surface area contributed by atoms with Crippen molar-refractivity contribution >= 4 is 17.7 Å². The van der Waals surface area contributed by atoms with Crippen molar-refractivity contribution < 1.29 is 14.7 Å². The van der Waals surface area contributed by atoms with Gasteiger partial charge in [0.15, 0.2) is 0 Å². The summed E-state index contributed by atoms with van der Waals surface area (Å²) >= 11 is 0. The fourth-order valence-corrected chi connectivity index (χ4v) is 2.93. The highest BCUT2D eigenvalue weighted by Gasteiger charge is 2.21. The van der Waals surface area contributed by atoms with Crippen LogP contribution in [0.3, 0.4) is 0 Å². The van der Waals surface area contributed by atoms with Gasteiger partial charge in [-0.05, 0) is 18.6 Å². The van der Waals surface area contributed by atoms with Gasteiger partial charge in [0.1, 0.15) is 11.9 Å². The zero-order valence-electron chi connectivity index (χ0n) is 14.9. The molecule has 0 unspecified atom stereocenters. The number of unbranched alkanes of at least 4 members (excludes halogenated alkanes) is 1. The second kappa shape index (κ2) is 9.98. The zero-order valence-corrected chi connectivity index (χ0v) is 14.9. The van der Waals surface area contributed by atoms with E-state index in [1.54, 1.807) is 6.20 Å². The van der Waals surface area contributed by atoms with Crippen LogP contribution in [0.15, 0.2) is 24.4 Å². The van der Waals surface area contributed by atoms with Crippen LogP contribution in [0.25, 0.3) is 0 Å². The first-order valence-electron chi connectivity index (χ1n) is 9.00. The number of carboxylic acid groups (broad SMARTS) is 1. The molecule has 1 aromatic rings. The molecule has 0 radical (unpaired) electrons. The molecule has 1 aromatic heterocycles. The van der Waals surface area contributed by atoms with Gasteiger partial charge in [-0.1, -0.05) is 25.8 Å². The van der Waals surface area contributed by atoms with Crippen LogP contribution in [0.2, 0.25) is 0 Å². The van der Waals surface area contributed by atoms with Gasteiger partial charge in [0.2, 0.25) is 5.91 Å². The maximum absolute atomic E-state index is 12.0. The normalized spacial score (nSPS) is 16.4. The van der Waals surface area contributed by atoms with Crippen LogP contribution in [0, 0.1) is 0 Å². The molecule has 1 fully saturated rings. The van der Waals surface area contributed by atoms with Gasteiger partial charge >= 0.3 is 5.97 Å². The SMILES string of the molecule is CCCC[C@H](NC(=O)CCN1CCN(c2ccccn2)CC1)C(=O)O. The molecule has 1 amide bonds. The topological polar surface area (TPSA) is 85.8 Å². The van der Waals surface area contributed by atoms with Crippen molar-refractivity contribution in [2.24, 2.45) is 0 Å². The molecule has 7 heteroatoms. The Bertz CT molecular complexity index is 545. The molecule has 0 aromatic carbocycles. The van der Waals surface area contributed by atoms with E-state index in [2.05, 4.69) is 20.1 Å². The van der Waals surface area contributed by atoms with Crippen LogP contribution in [0.5, 0.6) is 0 Å². The molecule has 0 bridgehead atoms. The number of piperazine rings is 1. The highest BCUT2D eigenvalue weighted by Crippen LogP contribution is 2.12. The number of nitrogens with one attached hydrogen (secondary N) is 1. The van der Waals surface area contributed by atoms with Crippen molar-refractivity contribution in [2.75, 3.05) is 37.6 Å². The molecule has 1 aliphatic heterocycles. The van der Waals surface area contributed by atoms with Crippen LogP contribution < -0.4 is 10.2 Å². The minimum absolute atomic E-state index is 0.185. The molecular weight excluding hydrogens is 320 g/mol. The summed E-state index contributed by atoms with van der Waals surface area (Å²) in [5, 5.41) is 11.8. The van der Waals surface area contributed by atoms with E-state index in [-0.39, 0.29) is 5.91 Å². The number of hydrogen-bond donors (Lipinski definition) is 2. The first kappa shape index (κ1) is 19.2. The lowest BCUT2D eigenvalue weighted by atomic mass is 10.1. The number of carbonyl (C=O) groups is 2. The molecule has 138 valence electrons. The van der Waals surface area contributed by atoms with Gasteiger partial charge in [-0.25, -0.2) is 9.78 Å². The highest BCUT2D eigenvalue weighted by atomic mass is 16.4. The number of aliphatic carboxylic acids is 1. The van der Waals surface area contributed by atoms with Gasteiger partial charge < -0.3 is 15.3 Å². The van der Waals surface area contributed by atoms with Crippen molar-refractivity contribution in [1.82, 2.24) is 15.2 Å². The van der Waals surface area contributed by atoms with E-state index in [0.29, 0.717) is 19.4 Å². The number of carbonyl (C=O) groups excluding carboxylic acids is 1. The second-order valence-electron chi connectivity index (χ2n) is 6.37. The molecule has 1 saturated heterocycles. The van der Waals surface area contributed by atoms with Crippen molar-refractivity contribution in [3.8, 4) is 0 Å². The van der Waals surface area contributed by atoms with Gasteiger partial charge in [-0.3, -0.25) is 9.69 Å². The molecule has 1 atom stereocenters. The maximum Gasteiger partial charge on any atom is 0.326 e. The van der Waals surface area contributed by atoms with Crippen molar-refractivity contribution in [3.63, 3.8) is 0 Å². The predicted octanol–water partition coefficient (Wildman–Crippen LogP) is 1.35. The standard InChI is InChI=1S/C18H28N4O3/c1-2-3-6-15(18(24)25)20-17(23)8-10-21-11-13-22(14-12-21)16-7-4-5-9-19-16/h4-5,7,9,15H,2-3,6,8,10-14H2,1H3,(H,20,23)(H,24,25)/t15-/m0/s1. The third-order valence-electron chi connectivity index (χ3n) is 4.48. The number of amides is 1. The Morgan fingerprint density at radius 3 is 2.64 bits per heavy atom. The summed E-state index contributed by atoms with van der Waals surface area (Å²) in [7, 11) is 0. The predicted molar refractivity (Wildman–Crippen MR) is 96.6 cm³/mol. The van der Waals surface area contributed by atoms with E-state index in [0.717, 1.165) is 44.8 Å². The first-order chi connectivity index (χ1) is 12.1. The van der Waals surface area contributed by atoms with E-state index in [1.165, 1.54) is 0 Å². The number of rotatable bonds is 9. The molecule has 2 N–H and O–H groups in total. The minimum Gasteiger partial charge on any atom is -0.480 e. The smallest absolute Gasteiger partial charge is 0.326 e. The quantitative estimate of drug-likeness (QED) is 0.701. The monoisotopic (exact) mass is 348 g/mol. The van der Waals surface area contributed by atoms with Crippen LogP contribution >= 0.6 is 0 Å². The number of hydrogen-bond acceptors (Lipinski definition) is 5. The molecule has 1 aliphatic rings. The van der Waals surface area contributed by atoms with Crippen LogP contribution in [0.4, 0.5) is 5.82 Å². The molecule has 0 saturated carbocycles. The molecule has 25 heavy (non-hydrogen) atoms. The molecule has 0 spiro atoms. The Morgan fingerprint density at radius 1 is 1.28 bits per heavy atom. The van der Waals surface area contributed by atoms with Gasteiger partial charge in [0.05, 0.1) is 0 Å². The minimum atomic E-state index is -0.953. The number of aromatic nitrogens is 1. The lowest BCUT2D eigenvalue weighted by Gasteiger charge is -2.35. The summed E-state index contributed by atoms with van der Waals surface area (Å²) in [6, 6.07) is 5.12. The summed E-state index contributed by atoms with van der Waals surface area (Å²) in [6.07, 6.45) is 4.33. The van der Waals surface area contributed by atoms with Gasteiger partial charge in [-0.2, -0.15) is 0 Å². The lowest BCUT2D eigenvalue weighted by molar-refractivity contribution is -0.142. The Hall–Kier alpha value is -2.15. The largest absolute Gasteiger partial charge is 0.480 e. The molecule has 2 rings (SSSR count). The van der Waals surface area contributed by atoms with Gasteiger partial charge in [0.25, 0.3) is 0 Å². The Balaban J connectivity index is 1.69. The molecular formula is C18H28N4O3. The average molecular weight is 348 g/mol. The van der Waals surface area contributed by atoms with Crippen molar-refractivity contribution in [1.29, 1.82) is 0 Å². The van der Waals surface area contributed by atoms with E-state index >= 15 is 0 Å². The van der Waals surface area contributed by atoms with Crippen LogP contribution in [0.1, 0.15) is 32.6 Å². The van der Waals surface area contributed by atoms with E-state index in [4.69, 9.17) is 5.11 Å². The average Bonchev–Trinajstić information content (AvgIpc) is 2.64. The number of carboxylic acids is 1. The Morgan fingerprint density at radius 2 is 2.04 bits per heavy atom. The summed E-state index contributed by atoms with van der Waals surface area (Å²) in [4.78, 5) is 32.0. The summed E-state index contributed by atoms with van der Waals surface area (Å²) in [5.74, 6) is -0.151. The third-order valence-corrected chi connectivity index (χ3v) is 4.48. The van der Waals surface area contributed by atoms with E-state index < -0.39 is 12.0 Å². The number of pyridine rings is 1.